The van der Waals surface area contributed by atoms with E-state index in [4.69, 9.17) is 15.2 Å². The van der Waals surface area contributed by atoms with Gasteiger partial charge < -0.3 is 19.8 Å². The average Bonchev–Trinajstić information content (AvgIpc) is 2.91. The van der Waals surface area contributed by atoms with Gasteiger partial charge in [-0.05, 0) is 19.9 Å². The molecule has 1 heterocycles. The fraction of sp³-hybridized carbons (Fsp3) is 0.400. The molecular weight excluding hydrogens is 254 g/mol. The zero-order valence-corrected chi connectivity index (χ0v) is 12.2. The van der Waals surface area contributed by atoms with E-state index in [0.29, 0.717) is 6.61 Å². The Labute approximate surface area is 119 Å². The number of methoxy groups -OCH3 is 1. The van der Waals surface area contributed by atoms with Crippen molar-refractivity contribution >= 4 is 0 Å². The van der Waals surface area contributed by atoms with Gasteiger partial charge >= 0.3 is 0 Å². The Bertz CT molecular complexity index is 564. The highest BCUT2D eigenvalue weighted by atomic mass is 16.5. The van der Waals surface area contributed by atoms with E-state index in [2.05, 4.69) is 11.9 Å². The standard InChI is InChI=1S/C15H21N3O2/c1-4-18-8-7-17-15(18)10-20-14-9-12(19-3)5-6-13(14)11(2)16/h5-9,11H,4,10,16H2,1-3H3/t11-/m1/s1. The van der Waals surface area contributed by atoms with Crippen LogP contribution >= 0.6 is 0 Å². The number of aromatic nitrogens is 2. The summed E-state index contributed by atoms with van der Waals surface area (Å²) in [6.07, 6.45) is 3.72. The second-order valence-electron chi connectivity index (χ2n) is 4.61. The maximum atomic E-state index is 5.97. The zero-order chi connectivity index (χ0) is 14.5. The normalized spacial score (nSPS) is 12.2. The van der Waals surface area contributed by atoms with Crippen LogP contribution in [0.1, 0.15) is 31.3 Å². The van der Waals surface area contributed by atoms with E-state index in [-0.39, 0.29) is 6.04 Å². The summed E-state index contributed by atoms with van der Waals surface area (Å²) in [6.45, 7) is 5.29. The van der Waals surface area contributed by atoms with E-state index >= 15 is 0 Å². The third-order valence-corrected chi connectivity index (χ3v) is 3.21. The first kappa shape index (κ1) is 14.4. The smallest absolute Gasteiger partial charge is 0.146 e. The fourth-order valence-electron chi connectivity index (χ4n) is 2.05. The van der Waals surface area contributed by atoms with Gasteiger partial charge in [0.25, 0.3) is 0 Å². The van der Waals surface area contributed by atoms with Crippen LogP contribution in [0.15, 0.2) is 30.6 Å². The number of benzene rings is 1. The van der Waals surface area contributed by atoms with Gasteiger partial charge in [0.15, 0.2) is 0 Å². The topological polar surface area (TPSA) is 62.3 Å². The van der Waals surface area contributed by atoms with Crippen molar-refractivity contribution in [1.82, 2.24) is 9.55 Å². The van der Waals surface area contributed by atoms with Crippen LogP contribution in [0.5, 0.6) is 11.5 Å². The van der Waals surface area contributed by atoms with Crippen molar-refractivity contribution in [3.8, 4) is 11.5 Å². The lowest BCUT2D eigenvalue weighted by Gasteiger charge is -2.15. The van der Waals surface area contributed by atoms with Gasteiger partial charge in [-0.15, -0.1) is 0 Å². The number of imidazole rings is 1. The molecule has 5 nitrogen and oxygen atoms in total. The molecule has 20 heavy (non-hydrogen) atoms. The lowest BCUT2D eigenvalue weighted by atomic mass is 10.1. The Hall–Kier alpha value is -2.01. The number of rotatable bonds is 6. The molecule has 0 saturated carbocycles. The molecule has 2 N–H and O–H groups in total. The van der Waals surface area contributed by atoms with Crippen molar-refractivity contribution in [2.24, 2.45) is 5.73 Å². The Morgan fingerprint density at radius 3 is 2.85 bits per heavy atom. The molecule has 0 aliphatic carbocycles. The SMILES string of the molecule is CCn1ccnc1COc1cc(OC)ccc1[C@@H](C)N. The van der Waals surface area contributed by atoms with Gasteiger partial charge in [0, 0.05) is 36.6 Å². The maximum absolute atomic E-state index is 5.97. The van der Waals surface area contributed by atoms with Crippen molar-refractivity contribution in [3.05, 3.63) is 42.0 Å². The van der Waals surface area contributed by atoms with E-state index in [1.54, 1.807) is 13.3 Å². The van der Waals surface area contributed by atoms with Crippen LogP contribution in [0.25, 0.3) is 0 Å². The van der Waals surface area contributed by atoms with Crippen LogP contribution < -0.4 is 15.2 Å². The minimum atomic E-state index is -0.0955. The van der Waals surface area contributed by atoms with Crippen molar-refractivity contribution in [3.63, 3.8) is 0 Å². The predicted octanol–water partition coefficient (Wildman–Crippen LogP) is 2.51. The lowest BCUT2D eigenvalue weighted by Crippen LogP contribution is -2.10. The molecule has 0 bridgehead atoms. The van der Waals surface area contributed by atoms with Gasteiger partial charge in [0.05, 0.1) is 7.11 Å². The first-order chi connectivity index (χ1) is 9.65. The molecule has 1 atom stereocenters. The summed E-state index contributed by atoms with van der Waals surface area (Å²) in [4.78, 5) is 4.29. The number of ether oxygens (including phenoxy) is 2. The summed E-state index contributed by atoms with van der Waals surface area (Å²) >= 11 is 0. The van der Waals surface area contributed by atoms with Crippen molar-refractivity contribution in [2.75, 3.05) is 7.11 Å². The molecule has 0 unspecified atom stereocenters. The summed E-state index contributed by atoms with van der Waals surface area (Å²) in [5.74, 6) is 2.39. The third-order valence-electron chi connectivity index (χ3n) is 3.21. The molecule has 2 rings (SSSR count). The van der Waals surface area contributed by atoms with Crippen molar-refractivity contribution in [2.45, 2.75) is 33.0 Å². The number of aryl methyl sites for hydroxylation is 1. The van der Waals surface area contributed by atoms with Gasteiger partial charge in [0.2, 0.25) is 0 Å². The quantitative estimate of drug-likeness (QED) is 0.880. The van der Waals surface area contributed by atoms with Crippen LogP contribution in [0.3, 0.4) is 0 Å². The Morgan fingerprint density at radius 2 is 2.20 bits per heavy atom. The zero-order valence-electron chi connectivity index (χ0n) is 12.2. The van der Waals surface area contributed by atoms with Crippen LogP contribution in [-0.4, -0.2) is 16.7 Å². The lowest BCUT2D eigenvalue weighted by molar-refractivity contribution is 0.283. The molecular formula is C15H21N3O2. The van der Waals surface area contributed by atoms with Gasteiger partial charge in [-0.2, -0.15) is 0 Å². The highest BCUT2D eigenvalue weighted by Crippen LogP contribution is 2.29. The Balaban J connectivity index is 2.19. The molecule has 0 amide bonds. The fourth-order valence-corrected chi connectivity index (χ4v) is 2.05. The Kier molecular flexibility index (Phi) is 4.63. The average molecular weight is 275 g/mol. The highest BCUT2D eigenvalue weighted by molar-refractivity contribution is 5.42. The van der Waals surface area contributed by atoms with E-state index in [1.165, 1.54) is 0 Å². The molecule has 0 aliphatic rings. The molecule has 1 aromatic heterocycles. The van der Waals surface area contributed by atoms with Gasteiger partial charge in [0.1, 0.15) is 23.9 Å². The van der Waals surface area contributed by atoms with Gasteiger partial charge in [-0.25, -0.2) is 4.98 Å². The second kappa shape index (κ2) is 6.43. The number of hydrogen-bond donors (Lipinski definition) is 1. The summed E-state index contributed by atoms with van der Waals surface area (Å²) in [5.41, 5.74) is 6.93. The molecule has 5 heteroatoms. The van der Waals surface area contributed by atoms with Gasteiger partial charge in [-0.1, -0.05) is 6.07 Å². The second-order valence-corrected chi connectivity index (χ2v) is 4.61. The predicted molar refractivity (Wildman–Crippen MR) is 77.8 cm³/mol. The van der Waals surface area contributed by atoms with E-state index in [1.807, 2.05) is 35.9 Å². The minimum Gasteiger partial charge on any atom is -0.497 e. The molecule has 0 fully saturated rings. The third kappa shape index (κ3) is 3.11. The van der Waals surface area contributed by atoms with Crippen molar-refractivity contribution < 1.29 is 9.47 Å². The maximum Gasteiger partial charge on any atom is 0.146 e. The largest absolute Gasteiger partial charge is 0.497 e. The first-order valence-electron chi connectivity index (χ1n) is 6.72. The van der Waals surface area contributed by atoms with E-state index in [9.17, 15) is 0 Å². The van der Waals surface area contributed by atoms with Gasteiger partial charge in [-0.3, -0.25) is 0 Å². The van der Waals surface area contributed by atoms with E-state index < -0.39 is 0 Å². The van der Waals surface area contributed by atoms with Crippen LogP contribution in [0.4, 0.5) is 0 Å². The monoisotopic (exact) mass is 275 g/mol. The van der Waals surface area contributed by atoms with Crippen LogP contribution in [0, 0.1) is 0 Å². The van der Waals surface area contributed by atoms with E-state index in [0.717, 1.165) is 29.4 Å². The molecule has 2 aromatic rings. The number of hydrogen-bond acceptors (Lipinski definition) is 4. The molecule has 1 aromatic carbocycles. The molecule has 108 valence electrons. The molecule has 0 radical (unpaired) electrons. The minimum absolute atomic E-state index is 0.0955. The summed E-state index contributed by atoms with van der Waals surface area (Å²) in [5, 5.41) is 0. The molecule has 0 spiro atoms. The van der Waals surface area contributed by atoms with Crippen molar-refractivity contribution in [1.29, 1.82) is 0 Å². The van der Waals surface area contributed by atoms with Crippen LogP contribution in [0.2, 0.25) is 0 Å². The highest BCUT2D eigenvalue weighted by Gasteiger charge is 2.11. The van der Waals surface area contributed by atoms with Crippen LogP contribution in [-0.2, 0) is 13.2 Å². The first-order valence-corrected chi connectivity index (χ1v) is 6.72. The summed E-state index contributed by atoms with van der Waals surface area (Å²) < 4.78 is 13.2. The summed E-state index contributed by atoms with van der Waals surface area (Å²) in [6, 6.07) is 5.59. The number of nitrogens with two attached hydrogens (primary N) is 1. The molecule has 0 saturated heterocycles. The summed E-state index contributed by atoms with van der Waals surface area (Å²) in [7, 11) is 1.63. The molecule has 0 aliphatic heterocycles. The number of nitrogens with zero attached hydrogens (tertiary/aromatic N) is 2. The Morgan fingerprint density at radius 1 is 1.40 bits per heavy atom.